The predicted octanol–water partition coefficient (Wildman–Crippen LogP) is 4.87. The van der Waals surface area contributed by atoms with Gasteiger partial charge in [-0.05, 0) is 60.7 Å². The van der Waals surface area contributed by atoms with Crippen molar-refractivity contribution in [3.8, 4) is 0 Å². The number of carbonyl (C=O) groups is 2. The first-order valence-electron chi connectivity index (χ1n) is 11.8. The molecule has 1 amide bonds. The van der Waals surface area contributed by atoms with Gasteiger partial charge in [0.05, 0.1) is 18.5 Å². The molecule has 1 aromatic carbocycles. The summed E-state index contributed by atoms with van der Waals surface area (Å²) in [5, 5.41) is 9.01. The second kappa shape index (κ2) is 10.6. The smallest absolute Gasteiger partial charge is 0.303 e. The highest BCUT2D eigenvalue weighted by Gasteiger charge is 2.19. The summed E-state index contributed by atoms with van der Waals surface area (Å²) >= 11 is 0. The van der Waals surface area contributed by atoms with E-state index in [0.29, 0.717) is 29.5 Å². The number of nitrogens with zero attached hydrogens (tertiary/aromatic N) is 5. The topological polar surface area (TPSA) is 113 Å². The van der Waals surface area contributed by atoms with Crippen LogP contribution in [0.1, 0.15) is 42.9 Å². The van der Waals surface area contributed by atoms with Crippen molar-refractivity contribution in [1.29, 1.82) is 0 Å². The number of aryl methyl sites for hydroxylation is 1. The Hall–Kier alpha value is -4.27. The molecule has 0 aliphatic rings. The lowest BCUT2D eigenvalue weighted by Gasteiger charge is -2.20. The maximum Gasteiger partial charge on any atom is 0.303 e. The summed E-state index contributed by atoms with van der Waals surface area (Å²) in [4.78, 5) is 40.7. The van der Waals surface area contributed by atoms with Gasteiger partial charge in [-0.3, -0.25) is 24.4 Å². The van der Waals surface area contributed by atoms with E-state index in [4.69, 9.17) is 9.52 Å². The van der Waals surface area contributed by atoms with Crippen LogP contribution in [0.15, 0.2) is 59.4 Å². The molecule has 1 unspecified atom stereocenters. The van der Waals surface area contributed by atoms with Gasteiger partial charge in [0.15, 0.2) is 5.58 Å². The number of benzene rings is 1. The van der Waals surface area contributed by atoms with Gasteiger partial charge in [0.2, 0.25) is 5.91 Å². The van der Waals surface area contributed by atoms with Crippen molar-refractivity contribution in [2.24, 2.45) is 0 Å². The molecule has 9 heteroatoms. The Morgan fingerprint density at radius 2 is 1.94 bits per heavy atom. The van der Waals surface area contributed by atoms with Crippen molar-refractivity contribution >= 4 is 40.5 Å². The lowest BCUT2D eigenvalue weighted by atomic mass is 10.00. The fourth-order valence-corrected chi connectivity index (χ4v) is 4.12. The molecule has 0 spiro atoms. The largest absolute Gasteiger partial charge is 0.481 e. The van der Waals surface area contributed by atoms with Crippen LogP contribution < -0.4 is 9.80 Å². The van der Waals surface area contributed by atoms with Crippen molar-refractivity contribution in [1.82, 2.24) is 15.0 Å². The van der Waals surface area contributed by atoms with E-state index in [9.17, 15) is 9.59 Å². The zero-order valence-corrected chi connectivity index (χ0v) is 20.8. The number of rotatable bonds is 9. The van der Waals surface area contributed by atoms with E-state index in [2.05, 4.69) is 15.0 Å². The van der Waals surface area contributed by atoms with E-state index >= 15 is 0 Å². The minimum atomic E-state index is -0.855. The summed E-state index contributed by atoms with van der Waals surface area (Å²) in [5.41, 5.74) is 4.89. The van der Waals surface area contributed by atoms with Crippen LogP contribution in [0.5, 0.6) is 0 Å². The molecule has 0 radical (unpaired) electrons. The first-order chi connectivity index (χ1) is 17.3. The normalized spacial score (nSPS) is 11.9. The zero-order chi connectivity index (χ0) is 25.8. The van der Waals surface area contributed by atoms with E-state index in [1.165, 1.54) is 0 Å². The molecule has 4 aromatic rings. The number of oxazole rings is 1. The van der Waals surface area contributed by atoms with Crippen LogP contribution in [-0.4, -0.2) is 45.5 Å². The fraction of sp³-hybridized carbons (Fsp3) is 0.296. The molecular formula is C27H29N5O4. The Balaban J connectivity index is 1.49. The Kier molecular flexibility index (Phi) is 7.28. The van der Waals surface area contributed by atoms with Gasteiger partial charge in [-0.25, -0.2) is 4.98 Å². The third kappa shape index (κ3) is 5.35. The number of pyridine rings is 2. The van der Waals surface area contributed by atoms with Crippen LogP contribution >= 0.6 is 0 Å². The van der Waals surface area contributed by atoms with Crippen molar-refractivity contribution in [3.63, 3.8) is 0 Å². The summed E-state index contributed by atoms with van der Waals surface area (Å²) in [6.07, 6.45) is 5.36. The lowest BCUT2D eigenvalue weighted by Crippen LogP contribution is -2.32. The summed E-state index contributed by atoms with van der Waals surface area (Å²) in [7, 11) is 1.89. The average Bonchev–Trinajstić information content (AvgIpc) is 3.28. The number of anilines is 3. The van der Waals surface area contributed by atoms with Gasteiger partial charge in [0.1, 0.15) is 11.3 Å². The molecule has 9 nitrogen and oxygen atoms in total. The van der Waals surface area contributed by atoms with E-state index in [1.54, 1.807) is 29.6 Å². The monoisotopic (exact) mass is 487 g/mol. The van der Waals surface area contributed by atoms with E-state index in [-0.39, 0.29) is 24.7 Å². The molecule has 1 atom stereocenters. The van der Waals surface area contributed by atoms with Crippen LogP contribution in [0, 0.1) is 6.92 Å². The van der Waals surface area contributed by atoms with Crippen molar-refractivity contribution < 1.29 is 19.1 Å². The molecule has 4 rings (SSSR count). The Bertz CT molecular complexity index is 1380. The van der Waals surface area contributed by atoms with E-state index < -0.39 is 5.97 Å². The lowest BCUT2D eigenvalue weighted by molar-refractivity contribution is -0.137. The second-order valence-electron chi connectivity index (χ2n) is 8.78. The zero-order valence-electron chi connectivity index (χ0n) is 20.8. The Morgan fingerprint density at radius 1 is 1.14 bits per heavy atom. The van der Waals surface area contributed by atoms with Gasteiger partial charge in [0, 0.05) is 32.2 Å². The summed E-state index contributed by atoms with van der Waals surface area (Å²) in [6.45, 7) is 6.17. The number of likely N-dealkylation sites (N-methyl/N-ethyl adjacent to an activating group) is 1. The van der Waals surface area contributed by atoms with Crippen LogP contribution in [-0.2, 0) is 16.0 Å². The summed E-state index contributed by atoms with van der Waals surface area (Å²) in [6, 6.07) is 11.5. The maximum absolute atomic E-state index is 13.1. The van der Waals surface area contributed by atoms with Gasteiger partial charge >= 0.3 is 12.0 Å². The molecule has 0 aliphatic carbocycles. The van der Waals surface area contributed by atoms with Crippen LogP contribution in [0.3, 0.4) is 0 Å². The number of hydrogen-bond acceptors (Lipinski definition) is 7. The van der Waals surface area contributed by atoms with Gasteiger partial charge in [-0.1, -0.05) is 19.1 Å². The first-order valence-corrected chi connectivity index (χ1v) is 11.8. The number of amides is 1. The number of hydrogen-bond donors (Lipinski definition) is 1. The Labute approximate surface area is 209 Å². The highest BCUT2D eigenvalue weighted by molar-refractivity contribution is 5.94. The molecule has 0 aliphatic heterocycles. The fourth-order valence-electron chi connectivity index (χ4n) is 4.12. The number of carboxylic acid groups (broad SMARTS) is 1. The average molecular weight is 488 g/mol. The SMILES string of the molecule is CCN(C(=O)Cc1ccc2nc(N(C)c3ccncc3C)oc2c1)c1ccc(C(C)CC(=O)O)cn1. The van der Waals surface area contributed by atoms with Gasteiger partial charge < -0.3 is 9.52 Å². The summed E-state index contributed by atoms with van der Waals surface area (Å²) in [5.74, 6) is -0.576. The number of aromatic nitrogens is 3. The van der Waals surface area contributed by atoms with Crippen molar-refractivity contribution in [2.45, 2.75) is 39.5 Å². The Morgan fingerprint density at radius 3 is 2.61 bits per heavy atom. The highest BCUT2D eigenvalue weighted by atomic mass is 16.4. The maximum atomic E-state index is 13.1. The number of carboxylic acids is 1. The molecule has 0 bridgehead atoms. The molecule has 36 heavy (non-hydrogen) atoms. The molecule has 3 heterocycles. The molecule has 0 fully saturated rings. The van der Waals surface area contributed by atoms with E-state index in [1.807, 2.05) is 63.1 Å². The first kappa shape index (κ1) is 24.8. The quantitative estimate of drug-likeness (QED) is 0.356. The molecule has 3 aromatic heterocycles. The summed E-state index contributed by atoms with van der Waals surface area (Å²) < 4.78 is 6.01. The van der Waals surface area contributed by atoms with Gasteiger partial charge in [0.25, 0.3) is 0 Å². The van der Waals surface area contributed by atoms with Gasteiger partial charge in [-0.2, -0.15) is 4.98 Å². The minimum absolute atomic E-state index is 0.0290. The van der Waals surface area contributed by atoms with Crippen LogP contribution in [0.25, 0.3) is 11.1 Å². The minimum Gasteiger partial charge on any atom is -0.481 e. The number of fused-ring (bicyclic) bond motifs is 1. The molecule has 0 saturated carbocycles. The molecule has 0 saturated heterocycles. The van der Waals surface area contributed by atoms with Gasteiger partial charge in [-0.15, -0.1) is 0 Å². The third-order valence-electron chi connectivity index (χ3n) is 6.15. The van der Waals surface area contributed by atoms with E-state index in [0.717, 1.165) is 22.4 Å². The highest BCUT2D eigenvalue weighted by Crippen LogP contribution is 2.29. The van der Waals surface area contributed by atoms with Crippen molar-refractivity contribution in [2.75, 3.05) is 23.4 Å². The third-order valence-corrected chi connectivity index (χ3v) is 6.15. The standard InChI is InChI=1S/C27H29N5O4/c1-5-32(24-9-7-20(16-29-24)17(2)12-26(34)35)25(33)14-19-6-8-21-23(13-19)36-27(30-21)31(4)22-10-11-28-15-18(22)3/h6-11,13,15-17H,5,12,14H2,1-4H3,(H,34,35). The van der Waals surface area contributed by atoms with Crippen molar-refractivity contribution in [3.05, 3.63) is 71.7 Å². The molecule has 1 N–H and O–H groups in total. The van der Waals surface area contributed by atoms with Crippen LogP contribution in [0.2, 0.25) is 0 Å². The molecular weight excluding hydrogens is 458 g/mol. The van der Waals surface area contributed by atoms with Crippen LogP contribution in [0.4, 0.5) is 17.5 Å². The molecule has 186 valence electrons. The second-order valence-corrected chi connectivity index (χ2v) is 8.78. The number of aliphatic carboxylic acids is 1. The number of carbonyl (C=O) groups excluding carboxylic acids is 1. The predicted molar refractivity (Wildman–Crippen MR) is 138 cm³/mol.